The number of para-hydroxylation sites is 1. The van der Waals surface area contributed by atoms with Crippen LogP contribution in [0.25, 0.3) is 0 Å². The Morgan fingerprint density at radius 1 is 1.42 bits per heavy atom. The van der Waals surface area contributed by atoms with Gasteiger partial charge in [0.05, 0.1) is 11.4 Å². The van der Waals surface area contributed by atoms with Gasteiger partial charge in [0, 0.05) is 18.1 Å². The van der Waals surface area contributed by atoms with Crippen LogP contribution in [0.4, 0.5) is 21.2 Å². The van der Waals surface area contributed by atoms with E-state index in [0.717, 1.165) is 5.69 Å². The molecule has 0 saturated heterocycles. The number of anilines is 3. The predicted molar refractivity (Wildman–Crippen MR) is 91.7 cm³/mol. The van der Waals surface area contributed by atoms with Crippen LogP contribution < -0.4 is 10.6 Å². The summed E-state index contributed by atoms with van der Waals surface area (Å²) >= 11 is 2.63. The van der Waals surface area contributed by atoms with E-state index in [1.165, 1.54) is 41.0 Å². The van der Waals surface area contributed by atoms with Crippen LogP contribution in [-0.4, -0.2) is 26.1 Å². The van der Waals surface area contributed by atoms with Gasteiger partial charge in [0.25, 0.3) is 0 Å². The number of benzene rings is 1. The molecular formula is C14H13FN6OS2. The Morgan fingerprint density at radius 3 is 2.88 bits per heavy atom. The minimum Gasteiger partial charge on any atom is -0.368 e. The van der Waals surface area contributed by atoms with Crippen LogP contribution in [-0.2, 0) is 10.5 Å². The maximum Gasteiger partial charge on any atom is 0.230 e. The van der Waals surface area contributed by atoms with Crippen molar-refractivity contribution >= 4 is 45.8 Å². The molecule has 0 saturated carbocycles. The lowest BCUT2D eigenvalue weighted by Crippen LogP contribution is -2.23. The van der Waals surface area contributed by atoms with Crippen LogP contribution in [0, 0.1) is 5.82 Å². The summed E-state index contributed by atoms with van der Waals surface area (Å²) in [5.41, 5.74) is 6.39. The zero-order valence-corrected chi connectivity index (χ0v) is 14.2. The number of nitrogens with two attached hydrogens (primary N) is 1. The molecule has 0 atom stereocenters. The van der Waals surface area contributed by atoms with E-state index >= 15 is 0 Å². The minimum atomic E-state index is -0.477. The molecule has 0 fully saturated rings. The van der Waals surface area contributed by atoms with Gasteiger partial charge in [-0.3, -0.25) is 9.69 Å². The number of thiazole rings is 1. The highest BCUT2D eigenvalue weighted by Crippen LogP contribution is 2.32. The zero-order valence-electron chi connectivity index (χ0n) is 12.6. The molecule has 0 unspecified atom stereocenters. The lowest BCUT2D eigenvalue weighted by atomic mass is 10.3. The van der Waals surface area contributed by atoms with Crippen LogP contribution in [0.3, 0.4) is 0 Å². The van der Waals surface area contributed by atoms with Crippen LogP contribution in [0.5, 0.6) is 0 Å². The number of carbonyl (C=O) groups excluding carboxylic acids is 1. The van der Waals surface area contributed by atoms with E-state index in [2.05, 4.69) is 20.2 Å². The Morgan fingerprint density at radius 2 is 2.21 bits per heavy atom. The highest BCUT2D eigenvalue weighted by atomic mass is 32.2. The van der Waals surface area contributed by atoms with E-state index in [-0.39, 0.29) is 17.5 Å². The fourth-order valence-electron chi connectivity index (χ4n) is 1.97. The van der Waals surface area contributed by atoms with Crippen LogP contribution in [0.1, 0.15) is 12.6 Å². The van der Waals surface area contributed by atoms with E-state index in [4.69, 9.17) is 5.73 Å². The van der Waals surface area contributed by atoms with Crippen molar-refractivity contribution in [1.82, 2.24) is 20.2 Å². The number of nitrogens with one attached hydrogen (secondary N) is 1. The van der Waals surface area contributed by atoms with Gasteiger partial charge < -0.3 is 5.73 Å². The van der Waals surface area contributed by atoms with Gasteiger partial charge in [0.1, 0.15) is 5.82 Å². The quantitative estimate of drug-likeness (QED) is 0.675. The fourth-order valence-corrected chi connectivity index (χ4v) is 3.65. The summed E-state index contributed by atoms with van der Waals surface area (Å²) in [6.07, 6.45) is 0. The smallest absolute Gasteiger partial charge is 0.230 e. The van der Waals surface area contributed by atoms with Crippen molar-refractivity contribution in [1.29, 1.82) is 0 Å². The molecule has 1 amide bonds. The van der Waals surface area contributed by atoms with E-state index in [1.807, 2.05) is 5.38 Å². The number of carbonyl (C=O) groups is 1. The van der Waals surface area contributed by atoms with Crippen molar-refractivity contribution < 1.29 is 9.18 Å². The number of aromatic amines is 1. The summed E-state index contributed by atoms with van der Waals surface area (Å²) in [6, 6.07) is 6.10. The summed E-state index contributed by atoms with van der Waals surface area (Å²) in [6.45, 7) is 1.37. The number of halogens is 1. The first kappa shape index (κ1) is 16.4. The molecule has 1 aromatic carbocycles. The van der Waals surface area contributed by atoms with Crippen molar-refractivity contribution in [3.8, 4) is 0 Å². The Labute approximate surface area is 145 Å². The Kier molecular flexibility index (Phi) is 4.76. The van der Waals surface area contributed by atoms with Gasteiger partial charge in [-0.25, -0.2) is 14.5 Å². The van der Waals surface area contributed by atoms with Gasteiger partial charge in [-0.2, -0.15) is 4.98 Å². The molecule has 3 rings (SSSR count). The van der Waals surface area contributed by atoms with Crippen molar-refractivity contribution in [3.05, 3.63) is 41.2 Å². The number of thioether (sulfide) groups is 1. The second kappa shape index (κ2) is 6.97. The van der Waals surface area contributed by atoms with Gasteiger partial charge in [-0.1, -0.05) is 23.9 Å². The van der Waals surface area contributed by atoms with E-state index in [9.17, 15) is 9.18 Å². The lowest BCUT2D eigenvalue weighted by Gasteiger charge is -2.18. The maximum atomic E-state index is 14.0. The summed E-state index contributed by atoms with van der Waals surface area (Å²) in [5, 5.41) is 9.22. The molecular weight excluding hydrogens is 351 g/mol. The largest absolute Gasteiger partial charge is 0.368 e. The van der Waals surface area contributed by atoms with Crippen molar-refractivity contribution in [2.75, 3.05) is 10.6 Å². The van der Waals surface area contributed by atoms with Crippen molar-refractivity contribution in [2.24, 2.45) is 0 Å². The van der Waals surface area contributed by atoms with Crippen molar-refractivity contribution in [3.63, 3.8) is 0 Å². The molecule has 124 valence electrons. The molecule has 3 aromatic rings. The number of nitrogens with zero attached hydrogens (tertiary/aromatic N) is 4. The average molecular weight is 364 g/mol. The van der Waals surface area contributed by atoms with Crippen LogP contribution in [0.2, 0.25) is 0 Å². The first-order valence-electron chi connectivity index (χ1n) is 6.85. The molecule has 3 N–H and O–H groups in total. The predicted octanol–water partition coefficient (Wildman–Crippen LogP) is 2.96. The van der Waals surface area contributed by atoms with E-state index in [1.54, 1.807) is 18.2 Å². The standard InChI is InChI=1S/C14H13FN6OS2/c1-8(22)21(11-5-3-2-4-10(11)15)14-17-9(7-24-14)6-23-13-18-12(16)19-20-13/h2-5,7H,6H2,1H3,(H3,16,18,19,20). The fraction of sp³-hybridized carbons (Fsp3) is 0.143. The first-order valence-corrected chi connectivity index (χ1v) is 8.71. The normalized spacial score (nSPS) is 10.8. The van der Waals surface area contributed by atoms with Crippen LogP contribution >= 0.6 is 23.1 Å². The number of H-pyrrole nitrogens is 1. The lowest BCUT2D eigenvalue weighted by molar-refractivity contribution is -0.115. The Bertz CT molecular complexity index is 864. The second-order valence-corrected chi connectivity index (χ2v) is 6.50. The highest BCUT2D eigenvalue weighted by molar-refractivity contribution is 7.98. The summed E-state index contributed by atoms with van der Waals surface area (Å²) in [5.74, 6) is -0.0271. The number of nitrogen functional groups attached to an aromatic ring is 1. The molecule has 0 aliphatic carbocycles. The summed E-state index contributed by atoms with van der Waals surface area (Å²) in [4.78, 5) is 21.6. The first-order chi connectivity index (χ1) is 11.5. The molecule has 0 aliphatic rings. The van der Waals surface area contributed by atoms with Gasteiger partial charge in [-0.05, 0) is 12.1 Å². The molecule has 2 aromatic heterocycles. The Balaban J connectivity index is 1.79. The molecule has 0 bridgehead atoms. The monoisotopic (exact) mass is 364 g/mol. The van der Waals surface area contributed by atoms with Gasteiger partial charge in [0.15, 0.2) is 5.13 Å². The molecule has 0 radical (unpaired) electrons. The topological polar surface area (TPSA) is 101 Å². The van der Waals surface area contributed by atoms with Crippen molar-refractivity contribution in [2.45, 2.75) is 17.8 Å². The van der Waals surface area contributed by atoms with Gasteiger partial charge >= 0.3 is 0 Å². The molecule has 2 heterocycles. The maximum absolute atomic E-state index is 14.0. The third-order valence-electron chi connectivity index (χ3n) is 2.97. The van der Waals surface area contributed by atoms with Gasteiger partial charge in [-0.15, -0.1) is 16.4 Å². The number of amides is 1. The van der Waals surface area contributed by atoms with Gasteiger partial charge in [0.2, 0.25) is 17.0 Å². The molecule has 0 aliphatic heterocycles. The molecule has 10 heteroatoms. The molecule has 7 nitrogen and oxygen atoms in total. The van der Waals surface area contributed by atoms with Crippen LogP contribution in [0.15, 0.2) is 34.8 Å². The van der Waals surface area contributed by atoms with E-state index < -0.39 is 5.82 Å². The minimum absolute atomic E-state index is 0.181. The number of rotatable bonds is 5. The van der Waals surface area contributed by atoms with E-state index in [0.29, 0.717) is 16.0 Å². The number of hydrogen-bond acceptors (Lipinski definition) is 7. The third kappa shape index (κ3) is 3.54. The summed E-state index contributed by atoms with van der Waals surface area (Å²) in [7, 11) is 0. The molecule has 24 heavy (non-hydrogen) atoms. The second-order valence-electron chi connectivity index (χ2n) is 4.72. The SMILES string of the molecule is CC(=O)N(c1nc(CSc2n[nH]c(N)n2)cs1)c1ccccc1F. The Hall–Kier alpha value is -2.46. The number of hydrogen-bond donors (Lipinski definition) is 2. The average Bonchev–Trinajstić information content (AvgIpc) is 3.16. The third-order valence-corrected chi connectivity index (χ3v) is 4.73. The summed E-state index contributed by atoms with van der Waals surface area (Å²) < 4.78 is 14.0. The number of aromatic nitrogens is 4. The molecule has 0 spiro atoms. The zero-order chi connectivity index (χ0) is 17.1. The highest BCUT2D eigenvalue weighted by Gasteiger charge is 2.20.